The van der Waals surface area contributed by atoms with Crippen LogP contribution in [0.5, 0.6) is 0 Å². The van der Waals surface area contributed by atoms with E-state index in [-0.39, 0.29) is 18.0 Å². The molecule has 30 heavy (non-hydrogen) atoms. The lowest BCUT2D eigenvalue weighted by Crippen LogP contribution is -2.26. The van der Waals surface area contributed by atoms with Crippen LogP contribution in [0.3, 0.4) is 0 Å². The van der Waals surface area contributed by atoms with Gasteiger partial charge in [-0.3, -0.25) is 4.40 Å². The summed E-state index contributed by atoms with van der Waals surface area (Å²) in [6, 6.07) is 8.84. The molecule has 3 heterocycles. The van der Waals surface area contributed by atoms with Crippen LogP contribution in [-0.4, -0.2) is 35.1 Å². The zero-order chi connectivity index (χ0) is 21.0. The van der Waals surface area contributed by atoms with E-state index in [1.807, 2.05) is 12.1 Å². The van der Waals surface area contributed by atoms with Crippen molar-refractivity contribution in [2.45, 2.75) is 26.0 Å². The second kappa shape index (κ2) is 6.46. The van der Waals surface area contributed by atoms with E-state index in [9.17, 15) is 13.9 Å². The third-order valence-corrected chi connectivity index (χ3v) is 4.77. The second-order valence-corrected chi connectivity index (χ2v) is 7.75. The summed E-state index contributed by atoms with van der Waals surface area (Å²) in [6.45, 7) is 3.62. The fourth-order valence-electron chi connectivity index (χ4n) is 3.53. The van der Waals surface area contributed by atoms with Crippen LogP contribution in [0, 0.1) is 11.6 Å². The molecule has 0 amide bonds. The molecule has 0 fully saturated rings. The largest absolute Gasteiger partial charge is 0.432 e. The zero-order valence-corrected chi connectivity index (χ0v) is 16.2. The Morgan fingerprint density at radius 1 is 1.13 bits per heavy atom. The van der Waals surface area contributed by atoms with Gasteiger partial charge in [0.05, 0.1) is 23.4 Å². The molecule has 1 N–H and O–H groups in total. The number of hydrogen-bond acceptors (Lipinski definition) is 5. The number of halogens is 2. The molecule has 0 unspecified atom stereocenters. The molecule has 0 aliphatic heterocycles. The minimum Gasteiger partial charge on any atom is -0.432 e. The minimum atomic E-state index is -0.979. The maximum Gasteiger partial charge on any atom is 0.306 e. The van der Waals surface area contributed by atoms with E-state index >= 15 is 0 Å². The van der Waals surface area contributed by atoms with Crippen molar-refractivity contribution < 1.29 is 18.3 Å². The number of nitrogens with zero attached hydrogens (tertiary/aromatic N) is 5. The molecule has 0 bridgehead atoms. The summed E-state index contributed by atoms with van der Waals surface area (Å²) in [5, 5.41) is 18.4. The van der Waals surface area contributed by atoms with Crippen molar-refractivity contribution in [3.05, 3.63) is 60.5 Å². The molecule has 3 aromatic heterocycles. The van der Waals surface area contributed by atoms with Crippen LogP contribution < -0.4 is 0 Å². The van der Waals surface area contributed by atoms with E-state index in [0.29, 0.717) is 22.4 Å². The molecule has 152 valence electrons. The molecule has 9 heteroatoms. The Morgan fingerprint density at radius 3 is 2.73 bits per heavy atom. The number of benzene rings is 2. The predicted octanol–water partition coefficient (Wildman–Crippen LogP) is 4.06. The Hall–Kier alpha value is -3.59. The monoisotopic (exact) mass is 409 g/mol. The molecule has 0 aliphatic carbocycles. The number of aromatic nitrogens is 5. The van der Waals surface area contributed by atoms with Crippen LogP contribution in [0.2, 0.25) is 0 Å². The van der Waals surface area contributed by atoms with Gasteiger partial charge in [0.15, 0.2) is 0 Å². The quantitative estimate of drug-likeness (QED) is 0.484. The Bertz CT molecular complexity index is 1390. The average molecular weight is 409 g/mol. The molecule has 0 saturated carbocycles. The van der Waals surface area contributed by atoms with Crippen LogP contribution in [0.4, 0.5) is 8.78 Å². The molecule has 5 rings (SSSR count). The lowest BCUT2D eigenvalue weighted by molar-refractivity contribution is 0.0585. The maximum atomic E-state index is 14.5. The number of oxazole rings is 1. The van der Waals surface area contributed by atoms with Crippen LogP contribution in [0.15, 0.2) is 53.3 Å². The third-order valence-electron chi connectivity index (χ3n) is 4.77. The molecule has 5 aromatic rings. The Labute approximate surface area is 169 Å². The smallest absolute Gasteiger partial charge is 0.306 e. The van der Waals surface area contributed by atoms with Crippen LogP contribution >= 0.6 is 0 Å². The molecule has 2 aromatic carbocycles. The van der Waals surface area contributed by atoms with Crippen molar-refractivity contribution in [1.82, 2.24) is 24.4 Å². The first kappa shape index (κ1) is 18.4. The van der Waals surface area contributed by atoms with Gasteiger partial charge in [-0.2, -0.15) is 4.98 Å². The van der Waals surface area contributed by atoms with Gasteiger partial charge in [0.2, 0.25) is 0 Å². The van der Waals surface area contributed by atoms with Crippen LogP contribution in [-0.2, 0) is 6.54 Å². The normalized spacial score (nSPS) is 12.3. The molecule has 0 spiro atoms. The van der Waals surface area contributed by atoms with Gasteiger partial charge in [-0.15, -0.1) is 5.10 Å². The van der Waals surface area contributed by atoms with E-state index in [2.05, 4.69) is 15.3 Å². The number of hydrogen-bond donors (Lipinski definition) is 1. The lowest BCUT2D eigenvalue weighted by atomic mass is 10.0. The van der Waals surface area contributed by atoms with E-state index < -0.39 is 17.2 Å². The summed E-state index contributed by atoms with van der Waals surface area (Å²) in [5.74, 6) is -1.09. The summed E-state index contributed by atoms with van der Waals surface area (Å²) >= 11 is 0. The SMILES string of the molecule is CC(C)(O)Cn1nnc2ccc(-c3c(-c4ccc(F)cc4F)nc4occn34)cc21. The highest BCUT2D eigenvalue weighted by molar-refractivity contribution is 5.87. The third kappa shape index (κ3) is 3.03. The summed E-state index contributed by atoms with van der Waals surface area (Å²) in [4.78, 5) is 4.42. The standard InChI is InChI=1S/C21H17F2N5O2/c1-21(2,29)11-28-17-9-12(3-6-16(17)25-26-28)19-18(24-20-27(19)7-8-30-20)14-5-4-13(22)10-15(14)23/h3-10,29H,11H2,1-2H3. The zero-order valence-electron chi connectivity index (χ0n) is 16.2. The highest BCUT2D eigenvalue weighted by atomic mass is 19.1. The van der Waals surface area contributed by atoms with Crippen molar-refractivity contribution in [2.75, 3.05) is 0 Å². The van der Waals surface area contributed by atoms with Gasteiger partial charge in [-0.05, 0) is 38.1 Å². The Morgan fingerprint density at radius 2 is 1.97 bits per heavy atom. The predicted molar refractivity (Wildman–Crippen MR) is 106 cm³/mol. The van der Waals surface area contributed by atoms with Gasteiger partial charge in [0.1, 0.15) is 29.1 Å². The molecule has 0 radical (unpaired) electrons. The van der Waals surface area contributed by atoms with Gasteiger partial charge in [0.25, 0.3) is 0 Å². The first-order chi connectivity index (χ1) is 14.3. The highest BCUT2D eigenvalue weighted by Crippen LogP contribution is 2.35. The van der Waals surface area contributed by atoms with E-state index in [4.69, 9.17) is 4.42 Å². The molecule has 7 nitrogen and oxygen atoms in total. The second-order valence-electron chi connectivity index (χ2n) is 7.75. The molecular formula is C21H17F2N5O2. The van der Waals surface area contributed by atoms with E-state index in [1.165, 1.54) is 18.4 Å². The van der Waals surface area contributed by atoms with Gasteiger partial charge < -0.3 is 9.52 Å². The molecular weight excluding hydrogens is 392 g/mol. The van der Waals surface area contributed by atoms with Crippen molar-refractivity contribution >= 4 is 16.9 Å². The fourth-order valence-corrected chi connectivity index (χ4v) is 3.53. The van der Waals surface area contributed by atoms with E-state index in [1.54, 1.807) is 35.2 Å². The van der Waals surface area contributed by atoms with Gasteiger partial charge in [-0.25, -0.2) is 13.5 Å². The van der Waals surface area contributed by atoms with Crippen LogP contribution in [0.1, 0.15) is 13.8 Å². The summed E-state index contributed by atoms with van der Waals surface area (Å²) in [7, 11) is 0. The number of rotatable bonds is 4. The summed E-state index contributed by atoms with van der Waals surface area (Å²) < 4.78 is 36.7. The first-order valence-corrected chi connectivity index (χ1v) is 9.27. The fraction of sp³-hybridized carbons (Fsp3) is 0.190. The van der Waals surface area contributed by atoms with Crippen LogP contribution in [0.25, 0.3) is 39.4 Å². The number of aliphatic hydroxyl groups is 1. The summed E-state index contributed by atoms with van der Waals surface area (Å²) in [5.41, 5.74) is 2.18. The highest BCUT2D eigenvalue weighted by Gasteiger charge is 2.22. The molecule has 0 atom stereocenters. The molecule has 0 saturated heterocycles. The average Bonchev–Trinajstić information content (AvgIpc) is 3.35. The van der Waals surface area contributed by atoms with Crippen molar-refractivity contribution in [3.8, 4) is 22.5 Å². The van der Waals surface area contributed by atoms with Crippen molar-refractivity contribution in [3.63, 3.8) is 0 Å². The van der Waals surface area contributed by atoms with Gasteiger partial charge >= 0.3 is 5.84 Å². The van der Waals surface area contributed by atoms with Crippen molar-refractivity contribution in [2.24, 2.45) is 0 Å². The maximum absolute atomic E-state index is 14.5. The number of imidazole rings is 1. The van der Waals surface area contributed by atoms with E-state index in [0.717, 1.165) is 11.6 Å². The Kier molecular flexibility index (Phi) is 3.97. The Balaban J connectivity index is 1.74. The lowest BCUT2D eigenvalue weighted by Gasteiger charge is -2.16. The first-order valence-electron chi connectivity index (χ1n) is 9.27. The number of fused-ring (bicyclic) bond motifs is 2. The molecule has 0 aliphatic rings. The van der Waals surface area contributed by atoms with Gasteiger partial charge in [-0.1, -0.05) is 11.3 Å². The minimum absolute atomic E-state index is 0.161. The summed E-state index contributed by atoms with van der Waals surface area (Å²) in [6.07, 6.45) is 3.16. The van der Waals surface area contributed by atoms with Gasteiger partial charge in [0, 0.05) is 23.4 Å². The topological polar surface area (TPSA) is 81.4 Å². The van der Waals surface area contributed by atoms with Crippen molar-refractivity contribution in [1.29, 1.82) is 0 Å².